The van der Waals surface area contributed by atoms with Crippen molar-refractivity contribution >= 4 is 5.71 Å². The summed E-state index contributed by atoms with van der Waals surface area (Å²) in [6.45, 7) is 29.3. The maximum atomic E-state index is 4.66. The van der Waals surface area contributed by atoms with Gasteiger partial charge in [-0.2, -0.15) is 0 Å². The molecule has 0 heterocycles. The Kier molecular flexibility index (Phi) is 10.5. The van der Waals surface area contributed by atoms with Crippen molar-refractivity contribution in [3.8, 4) is 0 Å². The molecule has 0 radical (unpaired) electrons. The molecule has 1 heteroatoms. The molecule has 0 aliphatic heterocycles. The third kappa shape index (κ3) is 7.34. The first-order valence-corrected chi connectivity index (χ1v) is 14.0. The molecule has 2 unspecified atom stereocenters. The van der Waals surface area contributed by atoms with Crippen LogP contribution in [0.2, 0.25) is 0 Å². The smallest absolute Gasteiger partial charge is 0.0460 e. The lowest BCUT2D eigenvalue weighted by Gasteiger charge is -2.48. The lowest BCUT2D eigenvalue weighted by atomic mass is 9.56. The van der Waals surface area contributed by atoms with Crippen LogP contribution in [0.5, 0.6) is 0 Å². The van der Waals surface area contributed by atoms with E-state index in [4.69, 9.17) is 0 Å². The molecule has 1 aromatic rings. The number of aliphatic imine (C=N–C) groups is 1. The van der Waals surface area contributed by atoms with Gasteiger partial charge in [-0.3, -0.25) is 4.99 Å². The van der Waals surface area contributed by atoms with E-state index in [1.807, 2.05) is 20.0 Å². The topological polar surface area (TPSA) is 12.4 Å². The minimum atomic E-state index is -0.0286. The van der Waals surface area contributed by atoms with Crippen molar-refractivity contribution in [2.45, 2.75) is 80.6 Å². The predicted octanol–water partition coefficient (Wildman–Crippen LogP) is 10.5. The highest BCUT2D eigenvalue weighted by Crippen LogP contribution is 2.53. The summed E-state index contributed by atoms with van der Waals surface area (Å²) in [5.74, 6) is 0.322. The Balaban J connectivity index is 2.44. The van der Waals surface area contributed by atoms with Gasteiger partial charge >= 0.3 is 0 Å². The zero-order chi connectivity index (χ0) is 28.7. The van der Waals surface area contributed by atoms with E-state index in [-0.39, 0.29) is 16.2 Å². The fourth-order valence-corrected chi connectivity index (χ4v) is 5.22. The Morgan fingerprint density at radius 3 is 2.08 bits per heavy atom. The molecule has 1 aromatic carbocycles. The Bertz CT molecular complexity index is 1180. The van der Waals surface area contributed by atoms with E-state index in [0.717, 1.165) is 35.3 Å². The normalized spacial score (nSPS) is 19.1. The number of hydrogen-bond donors (Lipinski definition) is 0. The van der Waals surface area contributed by atoms with Gasteiger partial charge in [-0.05, 0) is 75.9 Å². The molecule has 1 aliphatic carbocycles. The molecule has 2 rings (SSSR count). The molecule has 1 nitrogen and oxygen atoms in total. The minimum absolute atomic E-state index is 0.0286. The Hall–Kier alpha value is -2.93. The van der Waals surface area contributed by atoms with Gasteiger partial charge in [0.25, 0.3) is 0 Å². The highest BCUT2D eigenvalue weighted by molar-refractivity contribution is 6.02. The summed E-state index contributed by atoms with van der Waals surface area (Å²) < 4.78 is 0. The van der Waals surface area contributed by atoms with Gasteiger partial charge in [-0.25, -0.2) is 0 Å². The third-order valence-corrected chi connectivity index (χ3v) is 8.23. The Morgan fingerprint density at radius 1 is 0.947 bits per heavy atom. The molecular formula is C37H51N. The van der Waals surface area contributed by atoms with E-state index < -0.39 is 0 Å². The van der Waals surface area contributed by atoms with Gasteiger partial charge in [0.15, 0.2) is 0 Å². The van der Waals surface area contributed by atoms with Crippen molar-refractivity contribution in [3.63, 3.8) is 0 Å². The first-order valence-electron chi connectivity index (χ1n) is 14.0. The van der Waals surface area contributed by atoms with Crippen molar-refractivity contribution in [1.29, 1.82) is 0 Å². The molecular weight excluding hydrogens is 458 g/mol. The van der Waals surface area contributed by atoms with E-state index in [0.29, 0.717) is 5.92 Å². The number of allylic oxidation sites excluding steroid dienone is 12. The summed E-state index contributed by atoms with van der Waals surface area (Å²) in [5, 5.41) is 0. The molecule has 0 fully saturated rings. The van der Waals surface area contributed by atoms with E-state index in [2.05, 4.69) is 140 Å². The molecule has 2 atom stereocenters. The van der Waals surface area contributed by atoms with Crippen LogP contribution >= 0.6 is 0 Å². The number of benzene rings is 1. The fraction of sp³-hybridized carbons (Fsp3) is 0.432. The Morgan fingerprint density at radius 2 is 1.58 bits per heavy atom. The fourth-order valence-electron chi connectivity index (χ4n) is 5.22. The van der Waals surface area contributed by atoms with Crippen molar-refractivity contribution < 1.29 is 0 Å². The molecule has 204 valence electrons. The zero-order valence-electron chi connectivity index (χ0n) is 25.8. The standard InChI is InChI=1S/C37H51N/c1-13-15-16-17-27(3)32-26-30(20-23-33(32)37(11,24-14-2)36(8,9)10)28(4)25-34(38-12)29-18-21-31(22-19-29)35(5,6)7/h13-22,24,26,33H,3-4,23,25H2,1-2,5-12H3/b15-13-,17-16-,24-14?,38-34+. The number of nitrogens with zero attached hydrogens (tertiary/aromatic N) is 1. The quantitative estimate of drug-likeness (QED) is 0.178. The van der Waals surface area contributed by atoms with E-state index in [1.54, 1.807) is 0 Å². The molecule has 0 bridgehead atoms. The van der Waals surface area contributed by atoms with Crippen LogP contribution in [-0.4, -0.2) is 12.8 Å². The van der Waals surface area contributed by atoms with Crippen molar-refractivity contribution in [1.82, 2.24) is 0 Å². The first kappa shape index (κ1) is 31.3. The summed E-state index contributed by atoms with van der Waals surface area (Å²) in [4.78, 5) is 4.66. The predicted molar refractivity (Wildman–Crippen MR) is 171 cm³/mol. The second-order valence-corrected chi connectivity index (χ2v) is 12.8. The molecule has 38 heavy (non-hydrogen) atoms. The maximum absolute atomic E-state index is 4.66. The van der Waals surface area contributed by atoms with Gasteiger partial charge in [0.05, 0.1) is 0 Å². The van der Waals surface area contributed by atoms with Gasteiger partial charge in [-0.15, -0.1) is 0 Å². The summed E-state index contributed by atoms with van der Waals surface area (Å²) >= 11 is 0. The summed E-state index contributed by atoms with van der Waals surface area (Å²) in [5.41, 5.74) is 8.39. The van der Waals surface area contributed by atoms with Gasteiger partial charge in [-0.1, -0.05) is 134 Å². The average molecular weight is 510 g/mol. The van der Waals surface area contributed by atoms with Crippen molar-refractivity contribution in [3.05, 3.63) is 119 Å². The van der Waals surface area contributed by atoms with Crippen LogP contribution in [0.3, 0.4) is 0 Å². The average Bonchev–Trinajstić information content (AvgIpc) is 2.85. The van der Waals surface area contributed by atoms with Crippen LogP contribution in [0.1, 0.15) is 86.3 Å². The van der Waals surface area contributed by atoms with Crippen LogP contribution < -0.4 is 0 Å². The molecule has 0 saturated carbocycles. The van der Waals surface area contributed by atoms with Crippen LogP contribution in [0, 0.1) is 16.7 Å². The molecule has 0 saturated heterocycles. The van der Waals surface area contributed by atoms with E-state index in [1.165, 1.54) is 16.7 Å². The van der Waals surface area contributed by atoms with Crippen LogP contribution in [0.4, 0.5) is 0 Å². The third-order valence-electron chi connectivity index (χ3n) is 8.23. The highest BCUT2D eigenvalue weighted by atomic mass is 14.7. The van der Waals surface area contributed by atoms with Gasteiger partial charge in [0.1, 0.15) is 0 Å². The Labute approximate surface area is 234 Å². The highest BCUT2D eigenvalue weighted by Gasteiger charge is 2.44. The van der Waals surface area contributed by atoms with Crippen molar-refractivity contribution in [2.75, 3.05) is 7.05 Å². The molecule has 0 N–H and O–H groups in total. The summed E-state index contributed by atoms with van der Waals surface area (Å²) in [7, 11) is 1.88. The lowest BCUT2D eigenvalue weighted by molar-refractivity contribution is 0.109. The maximum Gasteiger partial charge on any atom is 0.0460 e. The largest absolute Gasteiger partial charge is 0.292 e. The summed E-state index contributed by atoms with van der Waals surface area (Å²) in [6, 6.07) is 8.84. The molecule has 0 aromatic heterocycles. The monoisotopic (exact) mass is 509 g/mol. The van der Waals surface area contributed by atoms with E-state index >= 15 is 0 Å². The second kappa shape index (κ2) is 12.7. The SMILES string of the molecule is C=C(/C=C\C=C/C)C1=CC(C(=C)C/C(=N\C)c2ccc(C(C)(C)C)cc2)=CCC1C(C)(C=CC)C(C)(C)C. The van der Waals surface area contributed by atoms with E-state index in [9.17, 15) is 0 Å². The van der Waals surface area contributed by atoms with Crippen LogP contribution in [0.25, 0.3) is 0 Å². The minimum Gasteiger partial charge on any atom is -0.292 e. The molecule has 1 aliphatic rings. The van der Waals surface area contributed by atoms with Crippen LogP contribution in [-0.2, 0) is 5.41 Å². The van der Waals surface area contributed by atoms with Gasteiger partial charge in [0.2, 0.25) is 0 Å². The zero-order valence-corrected chi connectivity index (χ0v) is 25.8. The van der Waals surface area contributed by atoms with Crippen LogP contribution in [0.15, 0.2) is 113 Å². The molecule has 0 amide bonds. The van der Waals surface area contributed by atoms with Crippen molar-refractivity contribution in [2.24, 2.45) is 21.7 Å². The lowest BCUT2D eigenvalue weighted by Crippen LogP contribution is -2.40. The summed E-state index contributed by atoms with van der Waals surface area (Å²) in [6.07, 6.45) is 19.3. The van der Waals surface area contributed by atoms with Gasteiger partial charge in [0, 0.05) is 19.2 Å². The van der Waals surface area contributed by atoms with Gasteiger partial charge < -0.3 is 0 Å². The second-order valence-electron chi connectivity index (χ2n) is 12.8. The molecule has 0 spiro atoms. The number of rotatable bonds is 9. The first-order chi connectivity index (χ1) is 17.7. The number of hydrogen-bond acceptors (Lipinski definition) is 1.